The molecule has 3 nitrogen and oxygen atoms in total. The van der Waals surface area contributed by atoms with Gasteiger partial charge >= 0.3 is 0 Å². The number of benzene rings is 2. The normalized spacial score (nSPS) is 21.2. The molecule has 1 atom stereocenters. The molecule has 0 saturated carbocycles. The van der Waals surface area contributed by atoms with E-state index in [9.17, 15) is 4.79 Å². The first-order valence-corrected chi connectivity index (χ1v) is 9.44. The summed E-state index contributed by atoms with van der Waals surface area (Å²) in [6.07, 6.45) is 1.32. The Morgan fingerprint density at radius 2 is 1.73 bits per heavy atom. The Bertz CT molecular complexity index is 933. The molecule has 1 heterocycles. The molecule has 5 heteroatoms. The third-order valence-electron chi connectivity index (χ3n) is 5.01. The van der Waals surface area contributed by atoms with Crippen LogP contribution in [-0.4, -0.2) is 5.78 Å². The highest BCUT2D eigenvalue weighted by Crippen LogP contribution is 2.46. The average Bonchev–Trinajstić information content (AvgIpc) is 2.72. The van der Waals surface area contributed by atoms with Gasteiger partial charge in [0.05, 0.1) is 27.5 Å². The van der Waals surface area contributed by atoms with Gasteiger partial charge in [-0.2, -0.15) is 0 Å². The molecular formula is C21H20Cl2N2O. The molecule has 2 aliphatic rings. The summed E-state index contributed by atoms with van der Waals surface area (Å²) in [5.41, 5.74) is 4.36. The van der Waals surface area contributed by atoms with E-state index in [4.69, 9.17) is 23.2 Å². The largest absolute Gasteiger partial charge is 0.372 e. The van der Waals surface area contributed by atoms with E-state index in [-0.39, 0.29) is 17.2 Å². The molecule has 2 aromatic rings. The van der Waals surface area contributed by atoms with Crippen LogP contribution in [0.4, 0.5) is 11.4 Å². The van der Waals surface area contributed by atoms with E-state index in [0.717, 1.165) is 34.6 Å². The summed E-state index contributed by atoms with van der Waals surface area (Å²) in [4.78, 5) is 13.1. The van der Waals surface area contributed by atoms with Crippen LogP contribution in [0.3, 0.4) is 0 Å². The summed E-state index contributed by atoms with van der Waals surface area (Å²) in [6.45, 7) is 4.25. The summed E-state index contributed by atoms with van der Waals surface area (Å²) in [5, 5.41) is 7.99. The number of carbonyl (C=O) groups is 1. The number of ketones is 1. The SMILES string of the molecule is CC1(C)CC(=O)C2=C(C1)Nc1ccccc1NC2c1cccc(Cl)c1Cl. The van der Waals surface area contributed by atoms with Crippen LogP contribution in [0, 0.1) is 5.41 Å². The van der Waals surface area contributed by atoms with Crippen LogP contribution in [-0.2, 0) is 4.79 Å². The minimum absolute atomic E-state index is 0.0785. The van der Waals surface area contributed by atoms with Gasteiger partial charge in [-0.3, -0.25) is 4.79 Å². The number of carbonyl (C=O) groups excluding carboxylic acids is 1. The van der Waals surface area contributed by atoms with Crippen molar-refractivity contribution in [1.29, 1.82) is 0 Å². The highest BCUT2D eigenvalue weighted by molar-refractivity contribution is 6.42. The fourth-order valence-corrected chi connectivity index (χ4v) is 4.28. The van der Waals surface area contributed by atoms with Crippen molar-refractivity contribution in [2.45, 2.75) is 32.7 Å². The van der Waals surface area contributed by atoms with E-state index in [0.29, 0.717) is 16.5 Å². The van der Waals surface area contributed by atoms with Gasteiger partial charge in [-0.15, -0.1) is 0 Å². The number of fused-ring (bicyclic) bond motifs is 1. The molecule has 0 bridgehead atoms. The number of anilines is 2. The van der Waals surface area contributed by atoms with Gasteiger partial charge in [0.2, 0.25) is 0 Å². The topological polar surface area (TPSA) is 41.1 Å². The van der Waals surface area contributed by atoms with Gasteiger partial charge < -0.3 is 10.6 Å². The van der Waals surface area contributed by atoms with Crippen LogP contribution in [0.15, 0.2) is 53.7 Å². The fourth-order valence-electron chi connectivity index (χ4n) is 3.87. The van der Waals surface area contributed by atoms with Crippen molar-refractivity contribution in [3.63, 3.8) is 0 Å². The van der Waals surface area contributed by atoms with Crippen molar-refractivity contribution >= 4 is 40.4 Å². The van der Waals surface area contributed by atoms with Crippen LogP contribution in [0.2, 0.25) is 10.0 Å². The quantitative estimate of drug-likeness (QED) is 0.611. The minimum atomic E-state index is -0.337. The lowest BCUT2D eigenvalue weighted by atomic mass is 9.73. The maximum Gasteiger partial charge on any atom is 0.163 e. The zero-order valence-corrected chi connectivity index (χ0v) is 16.2. The molecule has 1 aliphatic heterocycles. The van der Waals surface area contributed by atoms with Gasteiger partial charge in [-0.25, -0.2) is 0 Å². The first kappa shape index (κ1) is 17.4. The second-order valence-electron chi connectivity index (χ2n) is 7.72. The van der Waals surface area contributed by atoms with Crippen LogP contribution >= 0.6 is 23.2 Å². The number of nitrogens with one attached hydrogen (secondary N) is 2. The van der Waals surface area contributed by atoms with Gasteiger partial charge in [-0.1, -0.05) is 61.3 Å². The summed E-state index contributed by atoms with van der Waals surface area (Å²) in [5.74, 6) is 0.144. The standard InChI is InChI=1S/C21H20Cl2N2O/c1-21(2)10-16-18(17(26)11-21)20(12-6-5-7-13(22)19(12)23)25-15-9-4-3-8-14(15)24-16/h3-9,20,24-25H,10-11H2,1-2H3. The Kier molecular flexibility index (Phi) is 4.25. The van der Waals surface area contributed by atoms with Crippen LogP contribution < -0.4 is 10.6 Å². The second kappa shape index (κ2) is 6.33. The lowest BCUT2D eigenvalue weighted by Crippen LogP contribution is -2.31. The van der Waals surface area contributed by atoms with Gasteiger partial charge in [0.25, 0.3) is 0 Å². The number of halogens is 2. The molecule has 4 rings (SSSR count). The van der Waals surface area contributed by atoms with Crippen molar-refractivity contribution in [3.8, 4) is 0 Å². The molecule has 1 unspecified atom stereocenters. The molecule has 1 aliphatic carbocycles. The Morgan fingerprint density at radius 3 is 2.50 bits per heavy atom. The third kappa shape index (κ3) is 3.00. The first-order valence-electron chi connectivity index (χ1n) is 8.68. The Balaban J connectivity index is 1.93. The van der Waals surface area contributed by atoms with Crippen LogP contribution in [0.1, 0.15) is 38.3 Å². The van der Waals surface area contributed by atoms with E-state index in [1.807, 2.05) is 36.4 Å². The molecule has 134 valence electrons. The molecule has 0 radical (unpaired) electrons. The number of allylic oxidation sites excluding steroid dienone is 1. The van der Waals surface area contributed by atoms with E-state index >= 15 is 0 Å². The summed E-state index contributed by atoms with van der Waals surface area (Å²) >= 11 is 12.8. The summed E-state index contributed by atoms with van der Waals surface area (Å²) in [7, 11) is 0. The van der Waals surface area contributed by atoms with Gasteiger partial charge in [0.1, 0.15) is 0 Å². The van der Waals surface area contributed by atoms with Crippen LogP contribution in [0.25, 0.3) is 0 Å². The molecule has 0 amide bonds. The highest BCUT2D eigenvalue weighted by atomic mass is 35.5. The van der Waals surface area contributed by atoms with Crippen molar-refractivity contribution in [1.82, 2.24) is 0 Å². The molecule has 0 aromatic heterocycles. The molecule has 0 fully saturated rings. The molecule has 26 heavy (non-hydrogen) atoms. The number of Topliss-reactive ketones (excluding diaryl/α,β-unsaturated/α-hetero) is 1. The fraction of sp³-hybridized carbons (Fsp3) is 0.286. The predicted octanol–water partition coefficient (Wildman–Crippen LogP) is 6.22. The smallest absolute Gasteiger partial charge is 0.163 e. The van der Waals surface area contributed by atoms with E-state index < -0.39 is 0 Å². The van der Waals surface area contributed by atoms with Crippen molar-refractivity contribution in [3.05, 3.63) is 69.3 Å². The number of hydrogen-bond acceptors (Lipinski definition) is 3. The first-order chi connectivity index (χ1) is 12.4. The maximum absolute atomic E-state index is 13.1. The minimum Gasteiger partial charge on any atom is -0.372 e. The number of rotatable bonds is 1. The van der Waals surface area contributed by atoms with Crippen molar-refractivity contribution in [2.24, 2.45) is 5.41 Å². The Morgan fingerprint density at radius 1 is 1.00 bits per heavy atom. The van der Waals surface area contributed by atoms with Gasteiger partial charge in [0, 0.05) is 17.7 Å². The number of para-hydroxylation sites is 2. The van der Waals surface area contributed by atoms with Crippen LogP contribution in [0.5, 0.6) is 0 Å². The molecule has 0 saturated heterocycles. The summed E-state index contributed by atoms with van der Waals surface area (Å²) in [6, 6.07) is 13.2. The van der Waals surface area contributed by atoms with E-state index in [2.05, 4.69) is 24.5 Å². The van der Waals surface area contributed by atoms with Gasteiger partial charge in [0.15, 0.2) is 5.78 Å². The number of hydrogen-bond donors (Lipinski definition) is 2. The lowest BCUT2D eigenvalue weighted by Gasteiger charge is -2.34. The molecule has 2 N–H and O–H groups in total. The second-order valence-corrected chi connectivity index (χ2v) is 8.51. The van der Waals surface area contributed by atoms with Crippen molar-refractivity contribution < 1.29 is 4.79 Å². The molecule has 0 spiro atoms. The predicted molar refractivity (Wildman–Crippen MR) is 108 cm³/mol. The highest BCUT2D eigenvalue weighted by Gasteiger charge is 2.39. The van der Waals surface area contributed by atoms with E-state index in [1.54, 1.807) is 6.07 Å². The third-order valence-corrected chi connectivity index (χ3v) is 5.85. The van der Waals surface area contributed by atoms with E-state index in [1.165, 1.54) is 0 Å². The molecule has 2 aromatic carbocycles. The maximum atomic E-state index is 13.1. The monoisotopic (exact) mass is 386 g/mol. The average molecular weight is 387 g/mol. The molecular weight excluding hydrogens is 367 g/mol. The van der Waals surface area contributed by atoms with Crippen molar-refractivity contribution in [2.75, 3.05) is 10.6 Å². The summed E-state index contributed by atoms with van der Waals surface area (Å²) < 4.78 is 0. The zero-order valence-electron chi connectivity index (χ0n) is 14.7. The zero-order chi connectivity index (χ0) is 18.5. The van der Waals surface area contributed by atoms with Gasteiger partial charge in [-0.05, 0) is 35.6 Å². The Labute approximate surface area is 163 Å². The lowest BCUT2D eigenvalue weighted by molar-refractivity contribution is -0.118. The Hall–Kier alpha value is -1.97.